The molecule has 1 aliphatic rings. The Morgan fingerprint density at radius 1 is 0.882 bits per heavy atom. The molecule has 1 fully saturated rings. The second kappa shape index (κ2) is 23.3. The molecule has 0 aromatic heterocycles. The number of likely N-dealkylation sites (tertiary alicyclic amines) is 1. The van der Waals surface area contributed by atoms with E-state index < -0.39 is 0 Å². The minimum Gasteiger partial charge on any atom is -0.461 e. The molecule has 5 N–H and O–H groups in total. The summed E-state index contributed by atoms with van der Waals surface area (Å²) in [6, 6.07) is 20.5. The zero-order valence-corrected chi connectivity index (χ0v) is 32.2. The van der Waals surface area contributed by atoms with Crippen LogP contribution in [-0.4, -0.2) is 86.0 Å². The number of amides is 2. The fourth-order valence-electron chi connectivity index (χ4n) is 5.54. The van der Waals surface area contributed by atoms with E-state index in [4.69, 9.17) is 10.5 Å². The van der Waals surface area contributed by atoms with Crippen molar-refractivity contribution in [2.75, 3.05) is 62.7 Å². The van der Waals surface area contributed by atoms with Crippen molar-refractivity contribution in [3.8, 4) is 0 Å². The van der Waals surface area contributed by atoms with Gasteiger partial charge in [0.15, 0.2) is 0 Å². The van der Waals surface area contributed by atoms with E-state index in [9.17, 15) is 14.4 Å². The largest absolute Gasteiger partial charge is 0.461 e. The molecule has 3 aromatic carbocycles. The van der Waals surface area contributed by atoms with Crippen LogP contribution in [0.25, 0.3) is 0 Å². The number of ether oxygens (including phenoxy) is 1. The number of esters is 1. The summed E-state index contributed by atoms with van der Waals surface area (Å²) in [4.78, 5) is 40.1. The van der Waals surface area contributed by atoms with Crippen LogP contribution in [0.15, 0.2) is 66.7 Å². The highest BCUT2D eigenvalue weighted by Gasteiger charge is 2.26. The molecule has 1 heterocycles. The molecule has 1 saturated heterocycles. The SMILES string of the molecule is CCCNC(C)C(=O)Nc1ccccc1C.CCN(CC)CCOC(=O)c1ccc(N)cc1.Cc1cccc(C)c1NC(=O)C1CCCCN1C. The van der Waals surface area contributed by atoms with Gasteiger partial charge in [0.25, 0.3) is 0 Å². The van der Waals surface area contributed by atoms with Crippen molar-refractivity contribution in [1.29, 1.82) is 0 Å². The van der Waals surface area contributed by atoms with Crippen molar-refractivity contribution < 1.29 is 19.1 Å². The van der Waals surface area contributed by atoms with Gasteiger partial charge in [0.2, 0.25) is 11.8 Å². The second-order valence-corrected chi connectivity index (χ2v) is 13.0. The number of piperidine rings is 1. The lowest BCUT2D eigenvalue weighted by atomic mass is 10.0. The number of hydrogen-bond acceptors (Lipinski definition) is 8. The Morgan fingerprint density at radius 2 is 1.51 bits per heavy atom. The lowest BCUT2D eigenvalue weighted by Crippen LogP contribution is -2.44. The van der Waals surface area contributed by atoms with E-state index in [1.54, 1.807) is 24.3 Å². The van der Waals surface area contributed by atoms with Crippen LogP contribution in [0, 0.1) is 20.8 Å². The summed E-state index contributed by atoms with van der Waals surface area (Å²) in [6.45, 7) is 19.2. The van der Waals surface area contributed by atoms with Crippen molar-refractivity contribution in [2.24, 2.45) is 0 Å². The summed E-state index contributed by atoms with van der Waals surface area (Å²) in [6.07, 6.45) is 4.34. The minimum atomic E-state index is -0.294. The molecule has 0 bridgehead atoms. The summed E-state index contributed by atoms with van der Waals surface area (Å²) >= 11 is 0. The molecule has 3 aromatic rings. The standard InChI is InChI=1S/C15H22N2O.C13H20N2O2.C13H20N2O/c1-11-7-6-8-12(2)14(11)16-15(18)13-9-4-5-10-17(13)3;1-3-15(4-2)9-10-17-13(16)11-5-7-12(14)8-6-11;1-4-9-14-11(3)13(16)15-12-8-6-5-7-10(12)2/h6-8,13H,4-5,9-10H2,1-3H3,(H,16,18);5-8H,3-4,9-10,14H2,1-2H3;5-8,11,14H,4,9H2,1-3H3,(H,15,16). The predicted molar refractivity (Wildman–Crippen MR) is 211 cm³/mol. The van der Waals surface area contributed by atoms with Crippen LogP contribution in [0.1, 0.15) is 80.4 Å². The van der Waals surface area contributed by atoms with Crippen LogP contribution < -0.4 is 21.7 Å². The van der Waals surface area contributed by atoms with Crippen LogP contribution >= 0.6 is 0 Å². The smallest absolute Gasteiger partial charge is 0.338 e. The van der Waals surface area contributed by atoms with Gasteiger partial charge in [0.1, 0.15) is 6.61 Å². The summed E-state index contributed by atoms with van der Waals surface area (Å²) < 4.78 is 5.18. The Bertz CT molecular complexity index is 1470. The molecule has 4 rings (SSSR count). The van der Waals surface area contributed by atoms with Crippen molar-refractivity contribution in [3.63, 3.8) is 0 Å². The summed E-state index contributed by atoms with van der Waals surface area (Å²) in [5.41, 5.74) is 11.9. The number of nitrogens with two attached hydrogens (primary N) is 1. The molecule has 10 nitrogen and oxygen atoms in total. The second-order valence-electron chi connectivity index (χ2n) is 13.0. The summed E-state index contributed by atoms with van der Waals surface area (Å²) in [5, 5.41) is 9.18. The van der Waals surface area contributed by atoms with Crippen LogP contribution in [0.4, 0.5) is 17.1 Å². The van der Waals surface area contributed by atoms with E-state index in [2.05, 4.69) is 46.5 Å². The minimum absolute atomic E-state index is 0.0164. The van der Waals surface area contributed by atoms with Gasteiger partial charge in [-0.15, -0.1) is 0 Å². The maximum absolute atomic E-state index is 12.3. The molecule has 0 radical (unpaired) electrons. The van der Waals surface area contributed by atoms with E-state index in [0.29, 0.717) is 17.9 Å². The van der Waals surface area contributed by atoms with Gasteiger partial charge in [0.05, 0.1) is 17.6 Å². The quantitative estimate of drug-likeness (QED) is 0.113. The van der Waals surface area contributed by atoms with Crippen molar-refractivity contribution in [3.05, 3.63) is 89.0 Å². The van der Waals surface area contributed by atoms with Gasteiger partial charge < -0.3 is 31.3 Å². The number of likely N-dealkylation sites (N-methyl/N-ethyl adjacent to an activating group) is 2. The molecule has 0 saturated carbocycles. The molecule has 10 heteroatoms. The molecule has 280 valence electrons. The normalized spacial score (nSPS) is 14.6. The molecule has 2 amide bonds. The number of nitrogen functional groups attached to an aromatic ring is 1. The maximum Gasteiger partial charge on any atom is 0.338 e. The fourth-order valence-corrected chi connectivity index (χ4v) is 5.54. The van der Waals surface area contributed by atoms with Gasteiger partial charge in [-0.3, -0.25) is 14.5 Å². The third-order valence-electron chi connectivity index (χ3n) is 8.98. The Hall–Kier alpha value is -4.25. The van der Waals surface area contributed by atoms with Crippen molar-refractivity contribution in [2.45, 2.75) is 86.2 Å². The Balaban J connectivity index is 0.000000266. The molecule has 51 heavy (non-hydrogen) atoms. The lowest BCUT2D eigenvalue weighted by molar-refractivity contribution is -0.122. The first kappa shape index (κ1) is 42.9. The molecule has 2 atom stereocenters. The third kappa shape index (κ3) is 15.3. The zero-order chi connectivity index (χ0) is 37.8. The number of aryl methyl sites for hydroxylation is 3. The number of nitrogens with one attached hydrogen (secondary N) is 3. The van der Waals surface area contributed by atoms with Gasteiger partial charge in [-0.1, -0.05) is 63.6 Å². The zero-order valence-electron chi connectivity index (χ0n) is 32.2. The Kier molecular flexibility index (Phi) is 19.6. The van der Waals surface area contributed by atoms with Crippen LogP contribution in [0.3, 0.4) is 0 Å². The number of anilines is 3. The van der Waals surface area contributed by atoms with Gasteiger partial charge in [0, 0.05) is 23.6 Å². The number of nitrogens with zero attached hydrogens (tertiary/aromatic N) is 2. The molecular formula is C41H62N6O4. The average molecular weight is 703 g/mol. The highest BCUT2D eigenvalue weighted by Crippen LogP contribution is 2.22. The lowest BCUT2D eigenvalue weighted by Gasteiger charge is -2.31. The summed E-state index contributed by atoms with van der Waals surface area (Å²) in [5.74, 6) is -0.144. The molecule has 2 unspecified atom stereocenters. The van der Waals surface area contributed by atoms with Crippen LogP contribution in [0.2, 0.25) is 0 Å². The summed E-state index contributed by atoms with van der Waals surface area (Å²) in [7, 11) is 2.04. The molecule has 0 aliphatic carbocycles. The fraction of sp³-hybridized carbons (Fsp3) is 0.488. The first-order valence-corrected chi connectivity index (χ1v) is 18.3. The molecule has 0 spiro atoms. The third-order valence-corrected chi connectivity index (χ3v) is 8.98. The van der Waals surface area contributed by atoms with E-state index in [1.807, 2.05) is 77.2 Å². The molecular weight excluding hydrogens is 640 g/mol. The van der Waals surface area contributed by atoms with Gasteiger partial charge in [-0.25, -0.2) is 4.79 Å². The number of rotatable bonds is 13. The van der Waals surface area contributed by atoms with Gasteiger partial charge >= 0.3 is 5.97 Å². The van der Waals surface area contributed by atoms with E-state index >= 15 is 0 Å². The first-order chi connectivity index (χ1) is 24.4. The highest BCUT2D eigenvalue weighted by atomic mass is 16.5. The first-order valence-electron chi connectivity index (χ1n) is 18.3. The van der Waals surface area contributed by atoms with Gasteiger partial charge in [-0.05, 0) is 127 Å². The molecule has 1 aliphatic heterocycles. The van der Waals surface area contributed by atoms with Crippen molar-refractivity contribution in [1.82, 2.24) is 15.1 Å². The van der Waals surface area contributed by atoms with Crippen LogP contribution in [-0.2, 0) is 14.3 Å². The van der Waals surface area contributed by atoms with E-state index in [0.717, 1.165) is 80.1 Å². The Morgan fingerprint density at radius 3 is 2.10 bits per heavy atom. The number of hydrogen-bond donors (Lipinski definition) is 4. The maximum atomic E-state index is 12.3. The monoisotopic (exact) mass is 702 g/mol. The average Bonchev–Trinajstić information content (AvgIpc) is 3.12. The Labute approximate surface area is 306 Å². The van der Waals surface area contributed by atoms with Gasteiger partial charge in [-0.2, -0.15) is 0 Å². The number of para-hydroxylation sites is 2. The highest BCUT2D eigenvalue weighted by molar-refractivity contribution is 5.96. The topological polar surface area (TPSA) is 129 Å². The number of carbonyl (C=O) groups is 3. The predicted octanol–water partition coefficient (Wildman–Crippen LogP) is 6.82. The van der Waals surface area contributed by atoms with Crippen molar-refractivity contribution >= 4 is 34.8 Å². The van der Waals surface area contributed by atoms with E-state index in [-0.39, 0.29) is 29.9 Å². The number of benzene rings is 3. The number of carbonyl (C=O) groups excluding carboxylic acids is 3. The van der Waals surface area contributed by atoms with E-state index in [1.165, 1.54) is 6.42 Å². The van der Waals surface area contributed by atoms with Crippen LogP contribution in [0.5, 0.6) is 0 Å².